The SMILES string of the molecule is C=C1CCC2[C@H](OC(C)=O)C([C@@]3(C)CC[C@H](O[Si](C)(C)C(C)(C)C)C[C@@H]3CCOS(C)(=O)=O)CC[C@]12C. The highest BCUT2D eigenvalue weighted by Gasteiger charge is 2.58. The maximum absolute atomic E-state index is 12.3. The van der Waals surface area contributed by atoms with E-state index in [1.54, 1.807) is 0 Å². The molecule has 0 aromatic carbocycles. The first kappa shape index (κ1) is 30.8. The molecule has 8 heteroatoms. The van der Waals surface area contributed by atoms with Crippen LogP contribution in [0.15, 0.2) is 12.2 Å². The monoisotopic (exact) mass is 556 g/mol. The third-order valence-corrected chi connectivity index (χ3v) is 15.9. The summed E-state index contributed by atoms with van der Waals surface area (Å²) in [4.78, 5) is 12.3. The molecule has 0 aromatic heterocycles. The predicted molar refractivity (Wildman–Crippen MR) is 151 cm³/mol. The lowest BCUT2D eigenvalue weighted by molar-refractivity contribution is -0.173. The van der Waals surface area contributed by atoms with Crippen LogP contribution in [0.3, 0.4) is 0 Å². The van der Waals surface area contributed by atoms with Crippen LogP contribution in [0.1, 0.15) is 92.9 Å². The lowest BCUT2D eigenvalue weighted by Crippen LogP contribution is -2.55. The maximum atomic E-state index is 12.3. The molecule has 3 aliphatic rings. The molecule has 0 radical (unpaired) electrons. The Bertz CT molecular complexity index is 969. The highest BCUT2D eigenvalue weighted by atomic mass is 32.2. The average molecular weight is 557 g/mol. The second kappa shape index (κ2) is 10.7. The Kier molecular flexibility index (Phi) is 8.92. The second-order valence-corrected chi connectivity index (χ2v) is 20.6. The summed E-state index contributed by atoms with van der Waals surface area (Å²) in [6, 6.07) is 0. The van der Waals surface area contributed by atoms with E-state index in [1.165, 1.54) is 12.5 Å². The summed E-state index contributed by atoms with van der Waals surface area (Å²) >= 11 is 0. The topological polar surface area (TPSA) is 78.9 Å². The Morgan fingerprint density at radius 1 is 1.11 bits per heavy atom. The number of fused-ring (bicyclic) bond motifs is 1. The first-order valence-electron chi connectivity index (χ1n) is 14.2. The van der Waals surface area contributed by atoms with Gasteiger partial charge in [-0.05, 0) is 86.2 Å². The molecule has 3 aliphatic carbocycles. The van der Waals surface area contributed by atoms with Crippen molar-refractivity contribution in [2.24, 2.45) is 28.6 Å². The Labute approximate surface area is 227 Å². The molecule has 3 fully saturated rings. The van der Waals surface area contributed by atoms with Crippen LogP contribution in [0.5, 0.6) is 0 Å². The van der Waals surface area contributed by atoms with Gasteiger partial charge in [0, 0.05) is 24.9 Å². The molecule has 0 heterocycles. The number of hydrogen-bond donors (Lipinski definition) is 0. The van der Waals surface area contributed by atoms with Gasteiger partial charge < -0.3 is 9.16 Å². The van der Waals surface area contributed by atoms with E-state index < -0.39 is 18.4 Å². The van der Waals surface area contributed by atoms with Gasteiger partial charge in [0.05, 0.1) is 12.9 Å². The smallest absolute Gasteiger partial charge is 0.302 e. The van der Waals surface area contributed by atoms with Crippen LogP contribution in [0.2, 0.25) is 18.1 Å². The summed E-state index contributed by atoms with van der Waals surface area (Å²) in [6.07, 6.45) is 8.67. The highest BCUT2D eigenvalue weighted by Crippen LogP contribution is 2.62. The van der Waals surface area contributed by atoms with Crippen LogP contribution in [-0.2, 0) is 28.3 Å². The second-order valence-electron chi connectivity index (χ2n) is 14.2. The summed E-state index contributed by atoms with van der Waals surface area (Å²) in [7, 11) is -5.45. The van der Waals surface area contributed by atoms with E-state index in [9.17, 15) is 13.2 Å². The van der Waals surface area contributed by atoms with Gasteiger partial charge in [-0.15, -0.1) is 0 Å². The van der Waals surface area contributed by atoms with E-state index in [2.05, 4.69) is 54.3 Å². The van der Waals surface area contributed by atoms with Gasteiger partial charge in [-0.25, -0.2) is 0 Å². The van der Waals surface area contributed by atoms with Gasteiger partial charge in [-0.2, -0.15) is 8.42 Å². The van der Waals surface area contributed by atoms with Crippen LogP contribution in [0, 0.1) is 28.6 Å². The van der Waals surface area contributed by atoms with Crippen LogP contribution in [-0.4, -0.2) is 47.8 Å². The maximum Gasteiger partial charge on any atom is 0.302 e. The third kappa shape index (κ3) is 6.55. The zero-order valence-corrected chi connectivity index (χ0v) is 26.6. The van der Waals surface area contributed by atoms with E-state index in [4.69, 9.17) is 13.3 Å². The molecule has 0 spiro atoms. The molecule has 7 atom stereocenters. The Morgan fingerprint density at radius 2 is 1.76 bits per heavy atom. The molecule has 0 aromatic rings. The van der Waals surface area contributed by atoms with Crippen molar-refractivity contribution in [3.8, 4) is 0 Å². The van der Waals surface area contributed by atoms with Crippen molar-refractivity contribution < 1.29 is 26.6 Å². The quantitative estimate of drug-likeness (QED) is 0.141. The summed E-state index contributed by atoms with van der Waals surface area (Å²) in [5, 5.41) is 0.127. The van der Waals surface area contributed by atoms with Gasteiger partial charge in [0.2, 0.25) is 0 Å². The molecule has 3 rings (SSSR count). The van der Waals surface area contributed by atoms with Crippen molar-refractivity contribution in [1.29, 1.82) is 0 Å². The molecule has 214 valence electrons. The number of rotatable bonds is 8. The number of hydrogen-bond acceptors (Lipinski definition) is 6. The summed E-state index contributed by atoms with van der Waals surface area (Å²) in [5.41, 5.74) is 1.21. The van der Waals surface area contributed by atoms with Crippen molar-refractivity contribution in [2.45, 2.75) is 123 Å². The number of carbonyl (C=O) groups excluding carboxylic acids is 1. The van der Waals surface area contributed by atoms with E-state index in [0.29, 0.717) is 6.42 Å². The summed E-state index contributed by atoms with van der Waals surface area (Å²) in [6.45, 7) is 22.2. The zero-order chi connectivity index (χ0) is 28.0. The van der Waals surface area contributed by atoms with Gasteiger partial charge in [-0.3, -0.25) is 8.98 Å². The average Bonchev–Trinajstić information content (AvgIpc) is 3.03. The Morgan fingerprint density at radius 3 is 2.32 bits per heavy atom. The van der Waals surface area contributed by atoms with Gasteiger partial charge in [0.1, 0.15) is 6.10 Å². The fourth-order valence-corrected chi connectivity index (χ4v) is 9.20. The minimum Gasteiger partial charge on any atom is -0.462 e. The number of carbonyl (C=O) groups is 1. The molecule has 3 saturated carbocycles. The molecule has 37 heavy (non-hydrogen) atoms. The van der Waals surface area contributed by atoms with Gasteiger partial charge in [0.25, 0.3) is 10.1 Å². The van der Waals surface area contributed by atoms with Crippen LogP contribution in [0.4, 0.5) is 0 Å². The van der Waals surface area contributed by atoms with Crippen molar-refractivity contribution in [3.05, 3.63) is 12.2 Å². The van der Waals surface area contributed by atoms with Gasteiger partial charge in [-0.1, -0.05) is 46.8 Å². The van der Waals surface area contributed by atoms with Crippen molar-refractivity contribution in [3.63, 3.8) is 0 Å². The predicted octanol–water partition coefficient (Wildman–Crippen LogP) is 6.86. The van der Waals surface area contributed by atoms with Gasteiger partial charge in [0.15, 0.2) is 8.32 Å². The number of allylic oxidation sites excluding steroid dienone is 1. The van der Waals surface area contributed by atoms with Crippen molar-refractivity contribution >= 4 is 24.4 Å². The summed E-state index contributed by atoms with van der Waals surface area (Å²) < 4.78 is 41.8. The molecule has 6 nitrogen and oxygen atoms in total. The molecule has 2 unspecified atom stereocenters. The first-order chi connectivity index (χ1) is 16.8. The van der Waals surface area contributed by atoms with E-state index in [0.717, 1.165) is 51.2 Å². The molecule has 0 aliphatic heterocycles. The Hall–Kier alpha value is -0.703. The largest absolute Gasteiger partial charge is 0.462 e. The van der Waals surface area contributed by atoms with E-state index >= 15 is 0 Å². The molecule has 0 bridgehead atoms. The number of esters is 1. The van der Waals surface area contributed by atoms with Crippen molar-refractivity contribution in [2.75, 3.05) is 12.9 Å². The Balaban J connectivity index is 1.91. The van der Waals surface area contributed by atoms with E-state index in [1.807, 2.05) is 0 Å². The van der Waals surface area contributed by atoms with Crippen molar-refractivity contribution in [1.82, 2.24) is 0 Å². The van der Waals surface area contributed by atoms with Crippen LogP contribution >= 0.6 is 0 Å². The fraction of sp³-hybridized carbons (Fsp3) is 0.897. The van der Waals surface area contributed by atoms with Gasteiger partial charge >= 0.3 is 5.97 Å². The molecule has 0 saturated heterocycles. The molecular weight excluding hydrogens is 504 g/mol. The number of ether oxygens (including phenoxy) is 1. The molecule has 0 amide bonds. The first-order valence-corrected chi connectivity index (χ1v) is 18.9. The molecular formula is C29H52O6SSi. The lowest BCUT2D eigenvalue weighted by Gasteiger charge is -2.56. The minimum atomic E-state index is -3.50. The lowest BCUT2D eigenvalue weighted by atomic mass is 9.51. The third-order valence-electron chi connectivity index (χ3n) is 10.8. The standard InChI is InChI=1S/C29H52O6SSi/c1-20-11-12-24-26(34-21(2)30)25(14-17-28(20,24)6)29(7)16-13-23(35-37(9,10)27(3,4)5)19-22(29)15-18-33-36(8,31)32/h22-26H,1,11-19H2,2-10H3/t22-,23-,24?,25?,26-,28+,29-/m0/s1. The summed E-state index contributed by atoms with van der Waals surface area (Å²) in [5.74, 6) is 0.507. The van der Waals surface area contributed by atoms with Crippen LogP contribution < -0.4 is 0 Å². The zero-order valence-electron chi connectivity index (χ0n) is 24.8. The minimum absolute atomic E-state index is 0.0184. The highest BCUT2D eigenvalue weighted by molar-refractivity contribution is 7.85. The normalized spacial score (nSPS) is 37.3. The molecule has 0 N–H and O–H groups in total. The van der Waals surface area contributed by atoms with E-state index in [-0.39, 0.29) is 58.4 Å². The fourth-order valence-electron chi connectivity index (χ4n) is 7.40. The van der Waals surface area contributed by atoms with Crippen LogP contribution in [0.25, 0.3) is 0 Å².